The van der Waals surface area contributed by atoms with E-state index in [9.17, 15) is 28.1 Å². The van der Waals surface area contributed by atoms with Crippen molar-refractivity contribution in [2.75, 3.05) is 31.3 Å². The van der Waals surface area contributed by atoms with Gasteiger partial charge in [0, 0.05) is 31.0 Å². The average molecular weight is 436 g/mol. The summed E-state index contributed by atoms with van der Waals surface area (Å²) in [5, 5.41) is 16.5. The minimum absolute atomic E-state index is 0.132. The maximum Gasteiger partial charge on any atom is 0.293 e. The Hall–Kier alpha value is -3.67. The summed E-state index contributed by atoms with van der Waals surface area (Å²) in [4.78, 5) is 33.1. The molecule has 160 valence electrons. The van der Waals surface area contributed by atoms with Gasteiger partial charge in [0.2, 0.25) is 5.91 Å². The lowest BCUT2D eigenvalue weighted by Gasteiger charge is -2.10. The third-order valence-corrected chi connectivity index (χ3v) is 4.98. The van der Waals surface area contributed by atoms with Crippen LogP contribution in [0.4, 0.5) is 11.4 Å². The number of nitro benzene ring substituents is 1. The Balaban J connectivity index is 1.82. The van der Waals surface area contributed by atoms with Crippen molar-refractivity contribution in [3.63, 3.8) is 0 Å². The van der Waals surface area contributed by atoms with Crippen molar-refractivity contribution in [2.24, 2.45) is 5.73 Å². The highest BCUT2D eigenvalue weighted by molar-refractivity contribution is 7.90. The zero-order valence-electron chi connectivity index (χ0n) is 16.0. The lowest BCUT2D eigenvalue weighted by Crippen LogP contribution is -2.32. The number of nitrogens with two attached hydrogens (primary N) is 1. The number of hydrogen-bond donors (Lipinski definition) is 3. The Morgan fingerprint density at radius 3 is 2.37 bits per heavy atom. The molecule has 2 aromatic rings. The van der Waals surface area contributed by atoms with Crippen molar-refractivity contribution in [2.45, 2.75) is 4.90 Å². The number of benzene rings is 2. The minimum Gasteiger partial charge on any atom is -0.484 e. The van der Waals surface area contributed by atoms with E-state index in [0.717, 1.165) is 12.3 Å². The quantitative estimate of drug-likeness (QED) is 0.277. The van der Waals surface area contributed by atoms with Gasteiger partial charge >= 0.3 is 0 Å². The van der Waals surface area contributed by atoms with Gasteiger partial charge in [-0.3, -0.25) is 19.7 Å². The van der Waals surface area contributed by atoms with Gasteiger partial charge in [0.05, 0.1) is 9.82 Å². The van der Waals surface area contributed by atoms with Gasteiger partial charge < -0.3 is 21.1 Å². The van der Waals surface area contributed by atoms with E-state index >= 15 is 0 Å². The van der Waals surface area contributed by atoms with Crippen LogP contribution in [0.1, 0.15) is 10.4 Å². The lowest BCUT2D eigenvalue weighted by atomic mass is 10.2. The van der Waals surface area contributed by atoms with Crippen LogP contribution in [0.5, 0.6) is 5.75 Å². The fourth-order valence-electron chi connectivity index (χ4n) is 2.36. The molecule has 0 heterocycles. The predicted octanol–water partition coefficient (Wildman–Crippen LogP) is 0.704. The van der Waals surface area contributed by atoms with E-state index in [1.807, 2.05) is 0 Å². The summed E-state index contributed by atoms with van der Waals surface area (Å²) in [6, 6.07) is 9.51. The first-order valence-electron chi connectivity index (χ1n) is 8.59. The first-order chi connectivity index (χ1) is 14.1. The molecule has 4 N–H and O–H groups in total. The van der Waals surface area contributed by atoms with Crippen LogP contribution < -0.4 is 21.1 Å². The summed E-state index contributed by atoms with van der Waals surface area (Å²) in [6.45, 7) is 0.0466. The third-order valence-electron chi connectivity index (χ3n) is 3.87. The number of rotatable bonds is 10. The summed E-state index contributed by atoms with van der Waals surface area (Å²) in [6.07, 6.45) is 0.961. The lowest BCUT2D eigenvalue weighted by molar-refractivity contribution is -0.384. The van der Waals surface area contributed by atoms with Gasteiger partial charge in [0.15, 0.2) is 16.4 Å². The number of anilines is 1. The van der Waals surface area contributed by atoms with Gasteiger partial charge in [-0.05, 0) is 36.4 Å². The molecular formula is C18H20N4O7S. The number of nitro groups is 1. The van der Waals surface area contributed by atoms with Crippen molar-refractivity contribution in [1.82, 2.24) is 5.32 Å². The maximum absolute atomic E-state index is 11.8. The van der Waals surface area contributed by atoms with Crippen LogP contribution in [-0.4, -0.2) is 51.1 Å². The van der Waals surface area contributed by atoms with E-state index < -0.39 is 26.6 Å². The van der Waals surface area contributed by atoms with Gasteiger partial charge in [-0.15, -0.1) is 0 Å². The van der Waals surface area contributed by atoms with Gasteiger partial charge in [-0.25, -0.2) is 8.42 Å². The van der Waals surface area contributed by atoms with E-state index in [1.54, 1.807) is 0 Å². The molecule has 0 saturated carbocycles. The molecule has 0 spiro atoms. The van der Waals surface area contributed by atoms with Crippen molar-refractivity contribution >= 4 is 33.0 Å². The Kier molecular flexibility index (Phi) is 7.31. The number of nitrogens with one attached hydrogen (secondary N) is 2. The standard InChI is InChI=1S/C18H20N4O7S/c1-30(27,28)14-6-7-15(16(10-14)22(25)26)20-8-9-21-17(23)11-29-13-4-2-12(3-5-13)18(19)24/h2-7,10,20H,8-9,11H2,1H3,(H2,19,24)(H,21,23). The Morgan fingerprint density at radius 1 is 1.13 bits per heavy atom. The number of amides is 2. The fraction of sp³-hybridized carbons (Fsp3) is 0.222. The number of hydrogen-bond acceptors (Lipinski definition) is 8. The molecule has 11 nitrogen and oxygen atoms in total. The maximum atomic E-state index is 11.8. The van der Waals surface area contributed by atoms with Gasteiger partial charge in [-0.1, -0.05) is 0 Å². The van der Waals surface area contributed by atoms with E-state index in [-0.39, 0.29) is 36.0 Å². The molecule has 2 aromatic carbocycles. The van der Waals surface area contributed by atoms with Crippen molar-refractivity contribution < 1.29 is 27.7 Å². The van der Waals surface area contributed by atoms with Crippen LogP contribution >= 0.6 is 0 Å². The zero-order chi connectivity index (χ0) is 22.3. The Labute approximate surface area is 172 Å². The highest BCUT2D eigenvalue weighted by Crippen LogP contribution is 2.27. The summed E-state index contributed by atoms with van der Waals surface area (Å²) in [7, 11) is -3.57. The molecule has 2 rings (SSSR count). The summed E-state index contributed by atoms with van der Waals surface area (Å²) in [5.41, 5.74) is 5.20. The second-order valence-electron chi connectivity index (χ2n) is 6.16. The molecule has 0 fully saturated rings. The highest BCUT2D eigenvalue weighted by Gasteiger charge is 2.18. The van der Waals surface area contributed by atoms with Crippen LogP contribution in [0, 0.1) is 10.1 Å². The van der Waals surface area contributed by atoms with Gasteiger partial charge in [0.25, 0.3) is 11.6 Å². The molecule has 0 aliphatic heterocycles. The number of nitrogens with zero attached hydrogens (tertiary/aromatic N) is 1. The van der Waals surface area contributed by atoms with Crippen LogP contribution in [0.2, 0.25) is 0 Å². The minimum atomic E-state index is -3.57. The van der Waals surface area contributed by atoms with Crippen molar-refractivity contribution in [1.29, 1.82) is 0 Å². The first kappa shape index (κ1) is 22.6. The summed E-state index contributed by atoms with van der Waals surface area (Å²) >= 11 is 0. The molecule has 0 radical (unpaired) electrons. The normalized spacial score (nSPS) is 10.8. The topological polar surface area (TPSA) is 171 Å². The van der Waals surface area contributed by atoms with Gasteiger partial charge in [-0.2, -0.15) is 0 Å². The number of carbonyl (C=O) groups is 2. The molecule has 0 aliphatic carbocycles. The molecule has 0 aromatic heterocycles. The molecule has 12 heteroatoms. The van der Waals surface area contributed by atoms with E-state index in [1.165, 1.54) is 36.4 Å². The van der Waals surface area contributed by atoms with Crippen molar-refractivity contribution in [3.8, 4) is 5.75 Å². The van der Waals surface area contributed by atoms with Crippen LogP contribution in [0.3, 0.4) is 0 Å². The molecule has 0 aliphatic rings. The van der Waals surface area contributed by atoms with E-state index in [0.29, 0.717) is 11.3 Å². The molecule has 2 amide bonds. The number of carbonyl (C=O) groups excluding carboxylic acids is 2. The number of ether oxygens (including phenoxy) is 1. The molecule has 30 heavy (non-hydrogen) atoms. The average Bonchev–Trinajstić information content (AvgIpc) is 2.69. The summed E-state index contributed by atoms with van der Waals surface area (Å²) < 4.78 is 28.4. The SMILES string of the molecule is CS(=O)(=O)c1ccc(NCCNC(=O)COc2ccc(C(N)=O)cc2)c([N+](=O)[O-])c1. The zero-order valence-corrected chi connectivity index (χ0v) is 16.8. The fourth-order valence-corrected chi connectivity index (χ4v) is 3.00. The van der Waals surface area contributed by atoms with Crippen molar-refractivity contribution in [3.05, 3.63) is 58.1 Å². The molecule has 0 bridgehead atoms. The molecule has 0 atom stereocenters. The Bertz CT molecular complexity index is 1050. The first-order valence-corrected chi connectivity index (χ1v) is 10.5. The Morgan fingerprint density at radius 2 is 1.80 bits per heavy atom. The molecular weight excluding hydrogens is 416 g/mol. The van der Waals surface area contributed by atoms with E-state index in [4.69, 9.17) is 10.5 Å². The monoisotopic (exact) mass is 436 g/mol. The number of sulfone groups is 1. The second-order valence-corrected chi connectivity index (χ2v) is 8.18. The summed E-state index contributed by atoms with van der Waals surface area (Å²) in [5.74, 6) is -0.606. The van der Waals surface area contributed by atoms with Crippen LogP contribution in [-0.2, 0) is 14.6 Å². The largest absolute Gasteiger partial charge is 0.484 e. The third kappa shape index (κ3) is 6.44. The van der Waals surface area contributed by atoms with Gasteiger partial charge in [0.1, 0.15) is 11.4 Å². The van der Waals surface area contributed by atoms with Crippen LogP contribution in [0.25, 0.3) is 0 Å². The number of primary amides is 1. The smallest absolute Gasteiger partial charge is 0.293 e. The van der Waals surface area contributed by atoms with E-state index in [2.05, 4.69) is 10.6 Å². The second kappa shape index (κ2) is 9.69. The highest BCUT2D eigenvalue weighted by atomic mass is 32.2. The molecule has 0 saturated heterocycles. The predicted molar refractivity (Wildman–Crippen MR) is 108 cm³/mol. The molecule has 0 unspecified atom stereocenters. The van der Waals surface area contributed by atoms with Crippen LogP contribution in [0.15, 0.2) is 47.4 Å².